The molecule has 3 N–H and O–H groups in total. The standard InChI is InChI=1S/C10H21NOS/c1-7-5-8(2)10(9(11)6-7)13-4-3-12/h7-10,12H,3-6,11H2,1-2H3. The molecule has 2 nitrogen and oxygen atoms in total. The second-order valence-corrected chi connectivity index (χ2v) is 5.56. The molecule has 0 bridgehead atoms. The molecule has 0 aromatic carbocycles. The quantitative estimate of drug-likeness (QED) is 0.730. The van der Waals surface area contributed by atoms with Gasteiger partial charge in [0.2, 0.25) is 0 Å². The summed E-state index contributed by atoms with van der Waals surface area (Å²) in [6, 6.07) is 0.329. The maximum atomic E-state index is 8.76. The molecule has 3 heteroatoms. The minimum absolute atomic E-state index is 0.274. The summed E-state index contributed by atoms with van der Waals surface area (Å²) in [6.07, 6.45) is 2.43. The van der Waals surface area contributed by atoms with E-state index in [4.69, 9.17) is 10.8 Å². The highest BCUT2D eigenvalue weighted by atomic mass is 32.2. The predicted octanol–water partition coefficient (Wildman–Crippen LogP) is 1.47. The highest BCUT2D eigenvalue weighted by Crippen LogP contribution is 2.35. The van der Waals surface area contributed by atoms with Gasteiger partial charge in [0, 0.05) is 17.0 Å². The van der Waals surface area contributed by atoms with E-state index in [1.807, 2.05) is 11.8 Å². The van der Waals surface area contributed by atoms with Crippen molar-refractivity contribution in [1.29, 1.82) is 0 Å². The summed E-state index contributed by atoms with van der Waals surface area (Å²) in [7, 11) is 0. The third-order valence-corrected chi connectivity index (χ3v) is 4.45. The van der Waals surface area contributed by atoms with E-state index in [2.05, 4.69) is 13.8 Å². The third-order valence-electron chi connectivity index (χ3n) is 2.83. The zero-order valence-corrected chi connectivity index (χ0v) is 9.39. The van der Waals surface area contributed by atoms with Crippen LogP contribution in [0, 0.1) is 11.8 Å². The molecule has 13 heavy (non-hydrogen) atoms. The molecule has 78 valence electrons. The molecule has 0 radical (unpaired) electrons. The lowest BCUT2D eigenvalue weighted by Gasteiger charge is -2.37. The van der Waals surface area contributed by atoms with Crippen molar-refractivity contribution in [2.24, 2.45) is 17.6 Å². The Labute approximate surface area is 85.3 Å². The van der Waals surface area contributed by atoms with E-state index in [9.17, 15) is 0 Å². The Morgan fingerprint density at radius 3 is 2.62 bits per heavy atom. The number of aliphatic hydroxyl groups is 1. The first-order valence-corrected chi connectivity index (χ1v) is 6.18. The Balaban J connectivity index is 2.41. The maximum absolute atomic E-state index is 8.76. The zero-order chi connectivity index (χ0) is 9.84. The third kappa shape index (κ3) is 3.15. The highest BCUT2D eigenvalue weighted by molar-refractivity contribution is 8.00. The van der Waals surface area contributed by atoms with E-state index in [0.717, 1.165) is 18.1 Å². The fraction of sp³-hybridized carbons (Fsp3) is 1.00. The van der Waals surface area contributed by atoms with E-state index in [1.54, 1.807) is 0 Å². The summed E-state index contributed by atoms with van der Waals surface area (Å²) in [6.45, 7) is 4.84. The van der Waals surface area contributed by atoms with Gasteiger partial charge in [-0.05, 0) is 24.7 Å². The largest absolute Gasteiger partial charge is 0.396 e. The number of rotatable bonds is 3. The van der Waals surface area contributed by atoms with Gasteiger partial charge in [0.05, 0.1) is 6.61 Å². The van der Waals surface area contributed by atoms with Crippen molar-refractivity contribution in [3.8, 4) is 0 Å². The molecular weight excluding hydrogens is 182 g/mol. The van der Waals surface area contributed by atoms with E-state index in [1.165, 1.54) is 6.42 Å². The van der Waals surface area contributed by atoms with Crippen molar-refractivity contribution in [1.82, 2.24) is 0 Å². The lowest BCUT2D eigenvalue weighted by molar-refractivity contribution is 0.278. The van der Waals surface area contributed by atoms with Gasteiger partial charge in [-0.25, -0.2) is 0 Å². The van der Waals surface area contributed by atoms with Gasteiger partial charge in [-0.2, -0.15) is 11.8 Å². The van der Waals surface area contributed by atoms with Gasteiger partial charge in [0.15, 0.2) is 0 Å². The van der Waals surface area contributed by atoms with Gasteiger partial charge >= 0.3 is 0 Å². The van der Waals surface area contributed by atoms with Gasteiger partial charge in [-0.15, -0.1) is 0 Å². The number of aliphatic hydroxyl groups excluding tert-OH is 1. The molecule has 1 rings (SSSR count). The first-order chi connectivity index (χ1) is 6.15. The van der Waals surface area contributed by atoms with Crippen LogP contribution in [0.2, 0.25) is 0 Å². The average molecular weight is 203 g/mol. The predicted molar refractivity (Wildman–Crippen MR) is 58.9 cm³/mol. The summed E-state index contributed by atoms with van der Waals surface area (Å²) >= 11 is 1.84. The molecule has 0 amide bonds. The van der Waals surface area contributed by atoms with Crippen LogP contribution in [0.5, 0.6) is 0 Å². The van der Waals surface area contributed by atoms with Gasteiger partial charge < -0.3 is 10.8 Å². The van der Waals surface area contributed by atoms with Gasteiger partial charge in [0.25, 0.3) is 0 Å². The summed E-state index contributed by atoms with van der Waals surface area (Å²) in [5.41, 5.74) is 6.10. The van der Waals surface area contributed by atoms with E-state index >= 15 is 0 Å². The van der Waals surface area contributed by atoms with E-state index in [-0.39, 0.29) is 6.61 Å². The smallest absolute Gasteiger partial charge is 0.0521 e. The van der Waals surface area contributed by atoms with Crippen LogP contribution < -0.4 is 5.73 Å². The second kappa shape index (κ2) is 5.23. The lowest BCUT2D eigenvalue weighted by Crippen LogP contribution is -2.43. The Morgan fingerprint density at radius 1 is 1.38 bits per heavy atom. The first kappa shape index (κ1) is 11.3. The minimum Gasteiger partial charge on any atom is -0.396 e. The molecule has 0 aromatic rings. The van der Waals surface area contributed by atoms with Crippen molar-refractivity contribution >= 4 is 11.8 Å². The summed E-state index contributed by atoms with van der Waals surface area (Å²) in [5, 5.41) is 9.32. The Bertz CT molecular complexity index is 142. The summed E-state index contributed by atoms with van der Waals surface area (Å²) < 4.78 is 0. The van der Waals surface area contributed by atoms with Crippen molar-refractivity contribution in [3.05, 3.63) is 0 Å². The average Bonchev–Trinajstić information content (AvgIpc) is 2.02. The zero-order valence-electron chi connectivity index (χ0n) is 8.57. The van der Waals surface area contributed by atoms with Crippen molar-refractivity contribution in [2.45, 2.75) is 38.0 Å². The Hall–Kier alpha value is 0.270. The monoisotopic (exact) mass is 203 g/mol. The van der Waals surface area contributed by atoms with Gasteiger partial charge in [-0.1, -0.05) is 13.8 Å². The summed E-state index contributed by atoms with van der Waals surface area (Å²) in [4.78, 5) is 0. The van der Waals surface area contributed by atoms with Crippen LogP contribution in [-0.2, 0) is 0 Å². The summed E-state index contributed by atoms with van der Waals surface area (Å²) in [5.74, 6) is 2.31. The molecule has 0 aliphatic heterocycles. The molecule has 0 saturated heterocycles. The molecule has 0 spiro atoms. The topological polar surface area (TPSA) is 46.2 Å². The van der Waals surface area contributed by atoms with E-state index in [0.29, 0.717) is 17.2 Å². The number of hydrogen-bond acceptors (Lipinski definition) is 3. The Kier molecular flexibility index (Phi) is 4.56. The molecule has 0 aromatic heterocycles. The molecular formula is C10H21NOS. The van der Waals surface area contributed by atoms with Gasteiger partial charge in [0.1, 0.15) is 0 Å². The SMILES string of the molecule is CC1CC(C)C(SCCO)C(N)C1. The van der Waals surface area contributed by atoms with E-state index < -0.39 is 0 Å². The fourth-order valence-electron chi connectivity index (χ4n) is 2.36. The molecule has 1 fully saturated rings. The maximum Gasteiger partial charge on any atom is 0.0521 e. The van der Waals surface area contributed by atoms with Crippen LogP contribution in [0.4, 0.5) is 0 Å². The first-order valence-electron chi connectivity index (χ1n) is 5.13. The van der Waals surface area contributed by atoms with Crippen LogP contribution in [0.15, 0.2) is 0 Å². The number of nitrogens with two attached hydrogens (primary N) is 1. The van der Waals surface area contributed by atoms with Crippen LogP contribution in [0.1, 0.15) is 26.7 Å². The van der Waals surface area contributed by atoms with Crippen molar-refractivity contribution in [2.75, 3.05) is 12.4 Å². The molecule has 4 atom stereocenters. The van der Waals surface area contributed by atoms with Crippen LogP contribution in [0.25, 0.3) is 0 Å². The number of hydrogen-bond donors (Lipinski definition) is 2. The highest BCUT2D eigenvalue weighted by Gasteiger charge is 2.31. The molecule has 0 heterocycles. The van der Waals surface area contributed by atoms with Crippen molar-refractivity contribution in [3.63, 3.8) is 0 Å². The number of thioether (sulfide) groups is 1. The normalized spacial score (nSPS) is 40.6. The second-order valence-electron chi connectivity index (χ2n) is 4.28. The molecule has 1 aliphatic carbocycles. The fourth-order valence-corrected chi connectivity index (χ4v) is 3.54. The van der Waals surface area contributed by atoms with Crippen LogP contribution in [-0.4, -0.2) is 28.8 Å². The lowest BCUT2D eigenvalue weighted by atomic mass is 9.80. The molecule has 1 aliphatic rings. The van der Waals surface area contributed by atoms with Gasteiger partial charge in [-0.3, -0.25) is 0 Å². The Morgan fingerprint density at radius 2 is 2.08 bits per heavy atom. The molecule has 1 saturated carbocycles. The molecule has 4 unspecified atom stereocenters. The minimum atomic E-state index is 0.274. The van der Waals surface area contributed by atoms with Crippen LogP contribution in [0.3, 0.4) is 0 Å². The van der Waals surface area contributed by atoms with Crippen molar-refractivity contribution < 1.29 is 5.11 Å². The van der Waals surface area contributed by atoms with Crippen LogP contribution >= 0.6 is 11.8 Å².